The van der Waals surface area contributed by atoms with Crippen LogP contribution < -0.4 is 0 Å². The minimum absolute atomic E-state index is 1.01. The van der Waals surface area contributed by atoms with Crippen LogP contribution in [0.25, 0.3) is 0 Å². The SMILES string of the molecule is [CH2]C[Si](CC)(CC)OC. The first-order valence-corrected chi connectivity index (χ1v) is 6.12. The largest absolute Gasteiger partial charge is 0.420 e. The maximum Gasteiger partial charge on any atom is 0.191 e. The Bertz CT molecular complexity index is 51.8. The zero-order valence-electron chi connectivity index (χ0n) is 6.74. The monoisotopic (exact) mass is 145 g/mol. The summed E-state index contributed by atoms with van der Waals surface area (Å²) in [6.07, 6.45) is 0. The molecule has 0 saturated heterocycles. The van der Waals surface area contributed by atoms with E-state index in [1.807, 2.05) is 7.11 Å². The fraction of sp³-hybridized carbons (Fsp3) is 0.857. The average Bonchev–Trinajstić information content (AvgIpc) is 1.95. The van der Waals surface area contributed by atoms with Gasteiger partial charge in [-0.05, 0) is 18.1 Å². The third kappa shape index (κ3) is 2.10. The van der Waals surface area contributed by atoms with E-state index in [9.17, 15) is 0 Å². The predicted octanol–water partition coefficient (Wildman–Crippen LogP) is 2.45. The summed E-state index contributed by atoms with van der Waals surface area (Å²) in [6, 6.07) is 3.41. The minimum Gasteiger partial charge on any atom is -0.420 e. The Morgan fingerprint density at radius 1 is 1.33 bits per heavy atom. The molecule has 0 rings (SSSR count). The molecule has 0 heterocycles. The van der Waals surface area contributed by atoms with E-state index in [1.54, 1.807) is 0 Å². The summed E-state index contributed by atoms with van der Waals surface area (Å²) >= 11 is 0. The standard InChI is InChI=1S/C7H17OSi/c1-5-9(6-2,7-3)8-4/h1,5-7H2,2-4H3. The van der Waals surface area contributed by atoms with E-state index in [2.05, 4.69) is 20.8 Å². The predicted molar refractivity (Wildman–Crippen MR) is 43.9 cm³/mol. The van der Waals surface area contributed by atoms with Crippen molar-refractivity contribution in [2.75, 3.05) is 7.11 Å². The van der Waals surface area contributed by atoms with Gasteiger partial charge in [0, 0.05) is 7.11 Å². The van der Waals surface area contributed by atoms with Crippen molar-refractivity contribution >= 4 is 8.32 Å². The molecule has 0 unspecified atom stereocenters. The van der Waals surface area contributed by atoms with Gasteiger partial charge in [-0.2, -0.15) is 0 Å². The van der Waals surface area contributed by atoms with Gasteiger partial charge in [0.2, 0.25) is 0 Å². The molecule has 2 heteroatoms. The summed E-state index contributed by atoms with van der Waals surface area (Å²) in [7, 11) is 0.521. The van der Waals surface area contributed by atoms with Crippen LogP contribution in [0.5, 0.6) is 0 Å². The lowest BCUT2D eigenvalue weighted by Gasteiger charge is -2.24. The molecule has 55 valence electrons. The molecule has 0 aliphatic carbocycles. The normalized spacial score (nSPS) is 12.0. The van der Waals surface area contributed by atoms with Crippen LogP contribution in [0.3, 0.4) is 0 Å². The number of hydrogen-bond acceptors (Lipinski definition) is 1. The van der Waals surface area contributed by atoms with Gasteiger partial charge in [0.25, 0.3) is 0 Å². The van der Waals surface area contributed by atoms with Crippen molar-refractivity contribution in [1.29, 1.82) is 0 Å². The van der Waals surface area contributed by atoms with Gasteiger partial charge in [-0.15, -0.1) is 0 Å². The van der Waals surface area contributed by atoms with Crippen molar-refractivity contribution in [1.82, 2.24) is 0 Å². The van der Waals surface area contributed by atoms with Crippen LogP contribution >= 0.6 is 0 Å². The molecule has 9 heavy (non-hydrogen) atoms. The first kappa shape index (κ1) is 9.18. The summed E-state index contributed by atoms with van der Waals surface area (Å²) in [5.41, 5.74) is 0. The van der Waals surface area contributed by atoms with Crippen LogP contribution in [0, 0.1) is 6.92 Å². The fourth-order valence-electron chi connectivity index (χ4n) is 0.994. The lowest BCUT2D eigenvalue weighted by Crippen LogP contribution is -2.33. The van der Waals surface area contributed by atoms with Gasteiger partial charge in [0.15, 0.2) is 8.32 Å². The third-order valence-electron chi connectivity index (χ3n) is 2.18. The van der Waals surface area contributed by atoms with Crippen molar-refractivity contribution in [2.24, 2.45) is 0 Å². The van der Waals surface area contributed by atoms with E-state index < -0.39 is 8.32 Å². The summed E-state index contributed by atoms with van der Waals surface area (Å²) < 4.78 is 5.46. The van der Waals surface area contributed by atoms with Crippen LogP contribution in [-0.4, -0.2) is 15.4 Å². The van der Waals surface area contributed by atoms with E-state index in [-0.39, 0.29) is 0 Å². The molecule has 0 aromatic heterocycles. The third-order valence-corrected chi connectivity index (χ3v) is 6.53. The molecular weight excluding hydrogens is 128 g/mol. The maximum absolute atomic E-state index is 5.46. The minimum atomic E-state index is -1.30. The van der Waals surface area contributed by atoms with Crippen LogP contribution in [0.4, 0.5) is 0 Å². The Morgan fingerprint density at radius 3 is 1.78 bits per heavy atom. The molecular formula is C7H17OSi. The van der Waals surface area contributed by atoms with Crippen molar-refractivity contribution in [3.8, 4) is 0 Å². The number of hydrogen-bond donors (Lipinski definition) is 0. The van der Waals surface area contributed by atoms with Crippen molar-refractivity contribution in [2.45, 2.75) is 32.0 Å². The van der Waals surface area contributed by atoms with Gasteiger partial charge >= 0.3 is 0 Å². The molecule has 0 N–H and O–H groups in total. The lowest BCUT2D eigenvalue weighted by molar-refractivity contribution is 0.395. The topological polar surface area (TPSA) is 9.23 Å². The molecule has 0 fully saturated rings. The van der Waals surface area contributed by atoms with Crippen molar-refractivity contribution < 1.29 is 4.43 Å². The van der Waals surface area contributed by atoms with Gasteiger partial charge in [-0.3, -0.25) is 0 Å². The molecule has 0 saturated carbocycles. The van der Waals surface area contributed by atoms with Gasteiger partial charge < -0.3 is 4.43 Å². The Hall–Kier alpha value is 0.177. The molecule has 0 aliphatic rings. The van der Waals surface area contributed by atoms with Gasteiger partial charge in [0.1, 0.15) is 0 Å². The molecule has 0 aromatic carbocycles. The molecule has 0 atom stereocenters. The van der Waals surface area contributed by atoms with E-state index in [0.717, 1.165) is 6.04 Å². The Morgan fingerprint density at radius 2 is 1.78 bits per heavy atom. The summed E-state index contributed by atoms with van der Waals surface area (Å²) in [4.78, 5) is 0. The Balaban J connectivity index is 3.82. The highest BCUT2D eigenvalue weighted by Crippen LogP contribution is 2.19. The average molecular weight is 145 g/mol. The summed E-state index contributed by atoms with van der Waals surface area (Å²) in [5.74, 6) is 0. The van der Waals surface area contributed by atoms with E-state index in [4.69, 9.17) is 4.43 Å². The number of rotatable bonds is 4. The molecule has 0 spiro atoms. The highest BCUT2D eigenvalue weighted by Gasteiger charge is 2.26. The molecule has 0 aromatic rings. The van der Waals surface area contributed by atoms with Crippen LogP contribution in [0.1, 0.15) is 13.8 Å². The van der Waals surface area contributed by atoms with E-state index in [1.165, 1.54) is 12.1 Å². The summed E-state index contributed by atoms with van der Waals surface area (Å²) in [5, 5.41) is 0. The smallest absolute Gasteiger partial charge is 0.191 e. The molecule has 0 bridgehead atoms. The van der Waals surface area contributed by atoms with Gasteiger partial charge in [0.05, 0.1) is 0 Å². The second-order valence-electron chi connectivity index (χ2n) is 2.34. The van der Waals surface area contributed by atoms with Crippen molar-refractivity contribution in [3.05, 3.63) is 6.92 Å². The lowest BCUT2D eigenvalue weighted by atomic mass is 10.9. The molecule has 1 radical (unpaired) electrons. The van der Waals surface area contributed by atoms with E-state index >= 15 is 0 Å². The first-order chi connectivity index (χ1) is 4.24. The molecule has 0 amide bonds. The zero-order valence-corrected chi connectivity index (χ0v) is 7.74. The quantitative estimate of drug-likeness (QED) is 0.552. The van der Waals surface area contributed by atoms with Crippen LogP contribution in [0.15, 0.2) is 0 Å². The van der Waals surface area contributed by atoms with Crippen LogP contribution in [-0.2, 0) is 4.43 Å². The highest BCUT2D eigenvalue weighted by molar-refractivity contribution is 6.73. The fourth-order valence-corrected chi connectivity index (χ4v) is 2.98. The van der Waals surface area contributed by atoms with Crippen molar-refractivity contribution in [3.63, 3.8) is 0 Å². The molecule has 0 aliphatic heterocycles. The van der Waals surface area contributed by atoms with Gasteiger partial charge in [-0.25, -0.2) is 0 Å². The Kier molecular flexibility index (Phi) is 4.15. The Labute approximate surface area is 59.5 Å². The summed E-state index contributed by atoms with van der Waals surface area (Å²) in [6.45, 7) is 8.31. The second kappa shape index (κ2) is 4.07. The molecule has 1 nitrogen and oxygen atoms in total. The van der Waals surface area contributed by atoms with Crippen LogP contribution in [0.2, 0.25) is 18.1 Å². The van der Waals surface area contributed by atoms with E-state index in [0.29, 0.717) is 0 Å². The van der Waals surface area contributed by atoms with Gasteiger partial charge in [-0.1, -0.05) is 20.8 Å². The highest BCUT2D eigenvalue weighted by atomic mass is 28.4. The zero-order chi connectivity index (χ0) is 7.33. The second-order valence-corrected chi connectivity index (χ2v) is 7.03. The first-order valence-electron chi connectivity index (χ1n) is 3.59. The maximum atomic E-state index is 5.46.